The summed E-state index contributed by atoms with van der Waals surface area (Å²) in [4.78, 5) is 14.6. The van der Waals surface area contributed by atoms with Crippen molar-refractivity contribution in [3.63, 3.8) is 0 Å². The Morgan fingerprint density at radius 2 is 1.89 bits per heavy atom. The number of likely N-dealkylation sites (tertiary alicyclic amines) is 1. The van der Waals surface area contributed by atoms with Gasteiger partial charge < -0.3 is 5.32 Å². The van der Waals surface area contributed by atoms with Gasteiger partial charge in [-0.3, -0.25) is 9.69 Å². The maximum atomic E-state index is 12.2. The number of nitrogens with one attached hydrogen (secondary N) is 1. The summed E-state index contributed by atoms with van der Waals surface area (Å²) in [5.41, 5.74) is 0. The summed E-state index contributed by atoms with van der Waals surface area (Å²) in [5.74, 6) is 0.903. The summed E-state index contributed by atoms with van der Waals surface area (Å²) in [6.45, 7) is 6.23. The molecule has 1 saturated heterocycles. The summed E-state index contributed by atoms with van der Waals surface area (Å²) in [6.07, 6.45) is 10.1. The van der Waals surface area contributed by atoms with Gasteiger partial charge in [-0.15, -0.1) is 0 Å². The van der Waals surface area contributed by atoms with Gasteiger partial charge in [0.05, 0.1) is 6.54 Å². The Balaban J connectivity index is 1.79. The van der Waals surface area contributed by atoms with Crippen molar-refractivity contribution in [1.29, 1.82) is 0 Å². The summed E-state index contributed by atoms with van der Waals surface area (Å²) in [7, 11) is 0. The third-order valence-corrected chi connectivity index (χ3v) is 5.02. The van der Waals surface area contributed by atoms with Crippen molar-refractivity contribution in [2.75, 3.05) is 13.1 Å². The van der Waals surface area contributed by atoms with Crippen LogP contribution in [0.1, 0.15) is 65.2 Å². The third-order valence-electron chi connectivity index (χ3n) is 5.02. The minimum absolute atomic E-state index is 0.249. The van der Waals surface area contributed by atoms with Gasteiger partial charge in [0.2, 0.25) is 5.91 Å². The minimum Gasteiger partial charge on any atom is -0.352 e. The minimum atomic E-state index is 0.249. The van der Waals surface area contributed by atoms with Gasteiger partial charge in [0, 0.05) is 12.1 Å². The van der Waals surface area contributed by atoms with E-state index in [-0.39, 0.29) is 5.91 Å². The van der Waals surface area contributed by atoms with E-state index in [1.54, 1.807) is 0 Å². The van der Waals surface area contributed by atoms with E-state index in [2.05, 4.69) is 24.1 Å². The van der Waals surface area contributed by atoms with Gasteiger partial charge in [-0.2, -0.15) is 0 Å². The van der Waals surface area contributed by atoms with Crippen LogP contribution in [0.5, 0.6) is 0 Å². The highest BCUT2D eigenvalue weighted by Crippen LogP contribution is 2.24. The van der Waals surface area contributed by atoms with Crippen molar-refractivity contribution in [2.45, 2.75) is 77.3 Å². The molecule has 2 fully saturated rings. The van der Waals surface area contributed by atoms with E-state index in [9.17, 15) is 4.79 Å². The van der Waals surface area contributed by atoms with Crippen molar-refractivity contribution >= 4 is 5.91 Å². The molecule has 0 aromatic carbocycles. The fraction of sp³-hybridized carbons (Fsp3) is 0.938. The lowest BCUT2D eigenvalue weighted by atomic mass is 9.86. The molecule has 0 aromatic heterocycles. The van der Waals surface area contributed by atoms with Gasteiger partial charge in [0.15, 0.2) is 0 Å². The van der Waals surface area contributed by atoms with Gasteiger partial charge in [-0.05, 0) is 44.6 Å². The molecule has 3 heteroatoms. The Bertz CT molecular complexity index is 292. The topological polar surface area (TPSA) is 32.3 Å². The molecule has 0 radical (unpaired) electrons. The Kier molecular flexibility index (Phi) is 5.68. The van der Waals surface area contributed by atoms with E-state index >= 15 is 0 Å². The molecule has 3 unspecified atom stereocenters. The van der Waals surface area contributed by atoms with Crippen LogP contribution in [0.4, 0.5) is 0 Å². The molecule has 0 aromatic rings. The number of hydrogen-bond donors (Lipinski definition) is 1. The first-order chi connectivity index (χ1) is 9.20. The molecule has 1 amide bonds. The van der Waals surface area contributed by atoms with Crippen LogP contribution in [-0.2, 0) is 4.79 Å². The summed E-state index contributed by atoms with van der Waals surface area (Å²) in [6, 6.07) is 1.05. The largest absolute Gasteiger partial charge is 0.352 e. The zero-order chi connectivity index (χ0) is 13.7. The maximum absolute atomic E-state index is 12.2. The Hall–Kier alpha value is -0.570. The van der Waals surface area contributed by atoms with E-state index < -0.39 is 0 Å². The van der Waals surface area contributed by atoms with E-state index in [4.69, 9.17) is 0 Å². The van der Waals surface area contributed by atoms with Crippen LogP contribution < -0.4 is 5.32 Å². The molecule has 2 rings (SSSR count). The predicted molar refractivity (Wildman–Crippen MR) is 79.1 cm³/mol. The molecule has 2 aliphatic rings. The first-order valence-corrected chi connectivity index (χ1v) is 8.24. The lowest BCUT2D eigenvalue weighted by Gasteiger charge is -2.36. The fourth-order valence-corrected chi connectivity index (χ4v) is 3.70. The lowest BCUT2D eigenvalue weighted by molar-refractivity contribution is -0.124. The monoisotopic (exact) mass is 266 g/mol. The van der Waals surface area contributed by atoms with E-state index in [1.807, 2.05) is 0 Å². The average Bonchev–Trinajstić information content (AvgIpc) is 2.42. The van der Waals surface area contributed by atoms with Gasteiger partial charge >= 0.3 is 0 Å². The number of carbonyl (C=O) groups excluding carboxylic acids is 1. The number of nitrogens with zero attached hydrogens (tertiary/aromatic N) is 1. The first-order valence-electron chi connectivity index (χ1n) is 8.24. The van der Waals surface area contributed by atoms with Crippen molar-refractivity contribution in [2.24, 2.45) is 5.92 Å². The molecule has 3 nitrogen and oxygen atoms in total. The molecule has 1 aliphatic heterocycles. The van der Waals surface area contributed by atoms with Crippen LogP contribution in [0, 0.1) is 5.92 Å². The van der Waals surface area contributed by atoms with Crippen molar-refractivity contribution in [3.05, 3.63) is 0 Å². The lowest BCUT2D eigenvalue weighted by Crippen LogP contribution is -2.49. The van der Waals surface area contributed by atoms with E-state index in [1.165, 1.54) is 51.4 Å². The van der Waals surface area contributed by atoms with E-state index in [0.717, 1.165) is 6.54 Å². The van der Waals surface area contributed by atoms with Crippen molar-refractivity contribution < 1.29 is 4.79 Å². The second-order valence-electron chi connectivity index (χ2n) is 6.46. The number of amides is 1. The van der Waals surface area contributed by atoms with Gasteiger partial charge in [-0.25, -0.2) is 0 Å². The highest BCUT2D eigenvalue weighted by Gasteiger charge is 2.26. The molecule has 3 atom stereocenters. The highest BCUT2D eigenvalue weighted by molar-refractivity contribution is 5.78. The van der Waals surface area contributed by atoms with Gasteiger partial charge in [-0.1, -0.05) is 33.1 Å². The predicted octanol–water partition coefficient (Wildman–Crippen LogP) is 2.95. The molecule has 0 bridgehead atoms. The van der Waals surface area contributed by atoms with Gasteiger partial charge in [0.25, 0.3) is 0 Å². The Morgan fingerprint density at radius 3 is 2.63 bits per heavy atom. The van der Waals surface area contributed by atoms with Crippen LogP contribution in [0.15, 0.2) is 0 Å². The highest BCUT2D eigenvalue weighted by atomic mass is 16.2. The molecule has 110 valence electrons. The second kappa shape index (κ2) is 7.28. The second-order valence-corrected chi connectivity index (χ2v) is 6.46. The molecule has 1 aliphatic carbocycles. The van der Waals surface area contributed by atoms with Crippen molar-refractivity contribution in [3.8, 4) is 0 Å². The number of hydrogen-bond acceptors (Lipinski definition) is 2. The zero-order valence-corrected chi connectivity index (χ0v) is 12.7. The smallest absolute Gasteiger partial charge is 0.234 e. The number of carbonyl (C=O) groups is 1. The molecule has 1 saturated carbocycles. The third kappa shape index (κ3) is 4.20. The zero-order valence-electron chi connectivity index (χ0n) is 12.7. The molecule has 0 spiro atoms. The van der Waals surface area contributed by atoms with Crippen LogP contribution in [0.25, 0.3) is 0 Å². The summed E-state index contributed by atoms with van der Waals surface area (Å²) >= 11 is 0. The van der Waals surface area contributed by atoms with Crippen LogP contribution in [-0.4, -0.2) is 36.0 Å². The van der Waals surface area contributed by atoms with E-state index in [0.29, 0.717) is 24.5 Å². The standard InChI is InChI=1S/C16H30N2O/c1-3-14-9-6-7-11-18(14)12-16(19)17-15-10-5-4-8-13(15)2/h13-15H,3-12H2,1-2H3,(H,17,19). The first kappa shape index (κ1) is 14.8. The number of piperidine rings is 1. The summed E-state index contributed by atoms with van der Waals surface area (Å²) in [5, 5.41) is 3.28. The normalized spacial score (nSPS) is 33.1. The molecule has 1 N–H and O–H groups in total. The maximum Gasteiger partial charge on any atom is 0.234 e. The molecular weight excluding hydrogens is 236 g/mol. The summed E-state index contributed by atoms with van der Waals surface area (Å²) < 4.78 is 0. The van der Waals surface area contributed by atoms with Crippen molar-refractivity contribution in [1.82, 2.24) is 10.2 Å². The average molecular weight is 266 g/mol. The van der Waals surface area contributed by atoms with Crippen LogP contribution in [0.2, 0.25) is 0 Å². The van der Waals surface area contributed by atoms with Gasteiger partial charge in [0.1, 0.15) is 0 Å². The molecule has 1 heterocycles. The van der Waals surface area contributed by atoms with Crippen LogP contribution in [0.3, 0.4) is 0 Å². The fourth-order valence-electron chi connectivity index (χ4n) is 3.70. The SMILES string of the molecule is CCC1CCCCN1CC(=O)NC1CCCCC1C. The quantitative estimate of drug-likeness (QED) is 0.848. The molecular formula is C16H30N2O. The Morgan fingerprint density at radius 1 is 1.16 bits per heavy atom. The van der Waals surface area contributed by atoms with Crippen LogP contribution >= 0.6 is 0 Å². The number of rotatable bonds is 4. The molecule has 19 heavy (non-hydrogen) atoms. The Labute approximate surface area is 118 Å².